The number of nitrogens with zero attached hydrogens (tertiary/aromatic N) is 14. The van der Waals surface area contributed by atoms with Crippen molar-refractivity contribution in [2.45, 2.75) is 116 Å². The first-order valence-corrected chi connectivity index (χ1v) is 26.0. The summed E-state index contributed by atoms with van der Waals surface area (Å²) in [7, 11) is 2.70. The van der Waals surface area contributed by atoms with Gasteiger partial charge in [-0.15, -0.1) is 0 Å². The molecule has 5 fully saturated rings. The van der Waals surface area contributed by atoms with Gasteiger partial charge in [-0.1, -0.05) is 13.8 Å². The molecule has 4 atom stereocenters. The molecule has 2 N–H and O–H groups in total. The Morgan fingerprint density at radius 3 is 1.62 bits per heavy atom. The van der Waals surface area contributed by atoms with Crippen molar-refractivity contribution >= 4 is 65.9 Å². The van der Waals surface area contributed by atoms with Gasteiger partial charge in [0.1, 0.15) is 5.82 Å². The second kappa shape index (κ2) is 25.8. The van der Waals surface area contributed by atoms with Crippen molar-refractivity contribution in [3.63, 3.8) is 0 Å². The number of anilines is 5. The maximum atomic E-state index is 13.8. The SMILES string of the molecule is CC[C@@H]1COCCN1c1nc(-c2cnc(N)cc2C(F)F)nc(N2CCOC[C@H]2C)n1.CC[C@@H]1COCCN1c1nc(Cl)nc(N2CCOC[C@H]2C)n1.CN(C)C=Nc1cc(C(F)F)c(B2OC(C)(C)C(C)(C)O2)cn1. The highest BCUT2D eigenvalue weighted by molar-refractivity contribution is 6.62. The summed E-state index contributed by atoms with van der Waals surface area (Å²) in [5.74, 6) is 2.56. The summed E-state index contributed by atoms with van der Waals surface area (Å²) in [6, 6.07) is 3.09. The number of nitrogen functional groups attached to an aromatic ring is 1. The number of ether oxygens (including phenoxy) is 4. The fourth-order valence-electron chi connectivity index (χ4n) is 8.81. The smallest absolute Gasteiger partial charge is 0.399 e. The van der Waals surface area contributed by atoms with E-state index in [-0.39, 0.29) is 69.1 Å². The molecule has 0 spiro atoms. The third-order valence-electron chi connectivity index (χ3n) is 13.9. The van der Waals surface area contributed by atoms with Crippen molar-refractivity contribution in [3.05, 3.63) is 40.9 Å². The third kappa shape index (κ3) is 14.2. The van der Waals surface area contributed by atoms with Gasteiger partial charge in [-0.05, 0) is 78.1 Å². The van der Waals surface area contributed by atoms with E-state index in [0.717, 1.165) is 25.9 Å². The highest BCUT2D eigenvalue weighted by Gasteiger charge is 2.53. The molecular weight excluding hydrogens is 1020 g/mol. The zero-order valence-electron chi connectivity index (χ0n) is 45.0. The van der Waals surface area contributed by atoms with Gasteiger partial charge in [0.15, 0.2) is 11.6 Å². The van der Waals surface area contributed by atoms with Crippen LogP contribution in [0.3, 0.4) is 0 Å². The van der Waals surface area contributed by atoms with Gasteiger partial charge in [-0.3, -0.25) is 0 Å². The largest absolute Gasteiger partial charge is 0.496 e. The first-order valence-electron chi connectivity index (χ1n) is 25.6. The summed E-state index contributed by atoms with van der Waals surface area (Å²) in [5, 5.41) is 0.236. The molecule has 0 aromatic carbocycles. The average molecular weight is 1090 g/mol. The number of nitrogens with two attached hydrogens (primary N) is 1. The van der Waals surface area contributed by atoms with Gasteiger partial charge in [0.25, 0.3) is 12.9 Å². The predicted molar refractivity (Wildman–Crippen MR) is 284 cm³/mol. The molecule has 9 heterocycles. The van der Waals surface area contributed by atoms with Gasteiger partial charge in [0.05, 0.1) is 94.6 Å². The van der Waals surface area contributed by atoms with Crippen LogP contribution in [0.1, 0.15) is 92.2 Å². The van der Waals surface area contributed by atoms with Crippen LogP contribution in [0.5, 0.6) is 0 Å². The molecule has 27 heteroatoms. The molecule has 21 nitrogen and oxygen atoms in total. The molecule has 0 aliphatic carbocycles. The summed E-state index contributed by atoms with van der Waals surface area (Å²) in [6.07, 6.45) is 0.582. The quantitative estimate of drug-likeness (QED) is 0.0724. The Morgan fingerprint density at radius 1 is 0.684 bits per heavy atom. The molecule has 0 unspecified atom stereocenters. The van der Waals surface area contributed by atoms with Gasteiger partial charge in [-0.2, -0.15) is 29.9 Å². The first-order chi connectivity index (χ1) is 36.2. The van der Waals surface area contributed by atoms with Gasteiger partial charge in [0, 0.05) is 74.8 Å². The summed E-state index contributed by atoms with van der Waals surface area (Å²) in [6.45, 7) is 23.5. The highest BCUT2D eigenvalue weighted by atomic mass is 35.5. The summed E-state index contributed by atoms with van der Waals surface area (Å²) in [5.41, 5.74) is 4.41. The highest BCUT2D eigenvalue weighted by Crippen LogP contribution is 2.38. The zero-order valence-corrected chi connectivity index (χ0v) is 45.8. The van der Waals surface area contributed by atoms with E-state index in [1.54, 1.807) is 19.0 Å². The molecular formula is C49H71BClF4N15O6. The van der Waals surface area contributed by atoms with Crippen LogP contribution in [0.25, 0.3) is 11.4 Å². The Hall–Kier alpha value is -5.38. The van der Waals surface area contributed by atoms with Crippen LogP contribution < -0.4 is 30.8 Å². The van der Waals surface area contributed by atoms with Crippen molar-refractivity contribution in [2.24, 2.45) is 4.99 Å². The number of morpholine rings is 4. The fourth-order valence-corrected chi connectivity index (χ4v) is 8.96. The molecule has 5 aliphatic rings. The number of hydrogen-bond donors (Lipinski definition) is 1. The first kappa shape index (κ1) is 58.3. The zero-order chi connectivity index (χ0) is 54.9. The lowest BCUT2D eigenvalue weighted by Gasteiger charge is -2.37. The lowest BCUT2D eigenvalue weighted by molar-refractivity contribution is 0.00578. The number of aromatic nitrogens is 8. The van der Waals surface area contributed by atoms with Crippen LogP contribution in [0.2, 0.25) is 5.28 Å². The number of alkyl halides is 4. The molecule has 9 rings (SSSR count). The number of halogens is 5. The second-order valence-corrected chi connectivity index (χ2v) is 20.5. The average Bonchev–Trinajstić information content (AvgIpc) is 3.65. The second-order valence-electron chi connectivity index (χ2n) is 20.1. The molecule has 0 saturated carbocycles. The standard InChI is InChI=1S/C20H27F2N7O2.C15H22BF2N3O2.C14H22ClN5O2/c1-3-13-11-31-7-5-29(13)20-26-18(15-9-24-16(23)8-14(15)17(21)22)25-19(27-20)28-4-6-30-10-12(28)2;1-14(2)15(3,4)23-16(22-14)11-8-19-12(20-9-21(5)6)7-10(11)13(17)18;1-3-11-9-22-7-5-20(11)14-17-12(15)16-13(18-14)19-4-6-21-8-10(19)2/h8-9,12-13,17H,3-7,10-11H2,1-2H3,(H2,23,24);7-9,13H,1-6H3;10-11H,3-9H2,1-2H3/t12-,13-;;10-,11-/m1.1/s1. The molecule has 416 valence electrons. The van der Waals surface area contributed by atoms with Crippen LogP contribution >= 0.6 is 11.6 Å². The minimum atomic E-state index is -2.74. The van der Waals surface area contributed by atoms with Gasteiger partial charge in [0.2, 0.25) is 29.1 Å². The molecule has 0 bridgehead atoms. The van der Waals surface area contributed by atoms with Crippen LogP contribution in [0.4, 0.5) is 53.0 Å². The van der Waals surface area contributed by atoms with Gasteiger partial charge < -0.3 is 58.5 Å². The lowest BCUT2D eigenvalue weighted by Crippen LogP contribution is -2.47. The minimum Gasteiger partial charge on any atom is -0.399 e. The Labute approximate surface area is 447 Å². The van der Waals surface area contributed by atoms with Crippen molar-refractivity contribution in [2.75, 3.05) is 118 Å². The predicted octanol–water partition coefficient (Wildman–Crippen LogP) is 6.20. The van der Waals surface area contributed by atoms with E-state index in [1.807, 2.05) is 39.5 Å². The molecule has 0 radical (unpaired) electrons. The van der Waals surface area contributed by atoms with E-state index in [4.69, 9.17) is 50.6 Å². The normalized spacial score (nSPS) is 22.7. The number of hydrogen-bond acceptors (Lipinski definition) is 20. The Bertz CT molecular complexity index is 2570. The molecule has 0 amide bonds. The number of pyridine rings is 2. The lowest BCUT2D eigenvalue weighted by atomic mass is 9.77. The maximum Gasteiger partial charge on any atom is 0.496 e. The van der Waals surface area contributed by atoms with Crippen molar-refractivity contribution in [1.29, 1.82) is 0 Å². The van der Waals surface area contributed by atoms with Crippen molar-refractivity contribution < 1.29 is 45.8 Å². The van der Waals surface area contributed by atoms with E-state index in [0.29, 0.717) is 89.7 Å². The van der Waals surface area contributed by atoms with Crippen LogP contribution in [-0.2, 0) is 28.3 Å². The van der Waals surface area contributed by atoms with Crippen LogP contribution in [-0.4, -0.2) is 187 Å². The van der Waals surface area contributed by atoms with Crippen molar-refractivity contribution in [1.82, 2.24) is 44.8 Å². The van der Waals surface area contributed by atoms with E-state index < -0.39 is 31.2 Å². The summed E-state index contributed by atoms with van der Waals surface area (Å²) >= 11 is 6.15. The van der Waals surface area contributed by atoms with Gasteiger partial charge >= 0.3 is 7.12 Å². The monoisotopic (exact) mass is 1090 g/mol. The topological polar surface area (TPSA) is 213 Å². The molecule has 5 aliphatic heterocycles. The van der Waals surface area contributed by atoms with Crippen molar-refractivity contribution in [3.8, 4) is 11.4 Å². The van der Waals surface area contributed by atoms with E-state index in [9.17, 15) is 17.6 Å². The maximum absolute atomic E-state index is 13.8. The fraction of sp³-hybridized carbons (Fsp3) is 0.653. The Kier molecular flexibility index (Phi) is 19.8. The van der Waals surface area contributed by atoms with E-state index in [1.165, 1.54) is 30.9 Å². The van der Waals surface area contributed by atoms with E-state index in [2.05, 4.69) is 75.4 Å². The number of aliphatic imine (C=N–C) groups is 1. The Balaban J connectivity index is 0.000000169. The number of rotatable bonds is 12. The minimum absolute atomic E-state index is 0.0228. The summed E-state index contributed by atoms with van der Waals surface area (Å²) < 4.78 is 88.3. The van der Waals surface area contributed by atoms with Crippen LogP contribution in [0, 0.1) is 0 Å². The molecule has 4 aromatic rings. The van der Waals surface area contributed by atoms with Gasteiger partial charge in [-0.25, -0.2) is 32.5 Å². The summed E-state index contributed by atoms with van der Waals surface area (Å²) in [4.78, 5) is 49.5. The molecule has 76 heavy (non-hydrogen) atoms. The molecule has 4 aromatic heterocycles. The van der Waals surface area contributed by atoms with E-state index >= 15 is 0 Å². The molecule has 5 saturated heterocycles. The Morgan fingerprint density at radius 2 is 1.14 bits per heavy atom. The third-order valence-corrected chi connectivity index (χ3v) is 14.1. The van der Waals surface area contributed by atoms with Crippen LogP contribution in [0.15, 0.2) is 29.5 Å².